The highest BCUT2D eigenvalue weighted by Gasteiger charge is 2.23. The normalized spacial score (nSPS) is 21.6. The topological polar surface area (TPSA) is 81.5 Å². The third-order valence-corrected chi connectivity index (χ3v) is 3.50. The van der Waals surface area contributed by atoms with E-state index in [1.54, 1.807) is 0 Å². The van der Waals surface area contributed by atoms with Crippen LogP contribution in [-0.2, 0) is 4.79 Å². The predicted molar refractivity (Wildman–Crippen MR) is 69.0 cm³/mol. The first-order valence-electron chi connectivity index (χ1n) is 5.48. The van der Waals surface area contributed by atoms with E-state index in [0.29, 0.717) is 18.1 Å². The van der Waals surface area contributed by atoms with Gasteiger partial charge < -0.3 is 11.5 Å². The van der Waals surface area contributed by atoms with Gasteiger partial charge in [-0.05, 0) is 18.8 Å². The Morgan fingerprint density at radius 1 is 1.62 bits per heavy atom. The molecule has 1 rings (SSSR count). The lowest BCUT2D eigenvalue weighted by atomic mass is 10.0. The van der Waals surface area contributed by atoms with E-state index in [-0.39, 0.29) is 11.2 Å². The lowest BCUT2D eigenvalue weighted by Gasteiger charge is -2.15. The number of nitrogens with zero attached hydrogens (tertiary/aromatic N) is 1. The molecule has 0 radical (unpaired) electrons. The molecule has 0 aromatic rings. The highest BCUT2D eigenvalue weighted by Crippen LogP contribution is 2.32. The van der Waals surface area contributed by atoms with Gasteiger partial charge in [-0.25, -0.2) is 4.99 Å². The first-order chi connectivity index (χ1) is 7.49. The van der Waals surface area contributed by atoms with Crippen LogP contribution in [0.1, 0.15) is 33.1 Å². The van der Waals surface area contributed by atoms with Crippen LogP contribution in [-0.4, -0.2) is 17.0 Å². The number of allylic oxidation sites excluding steroid dienone is 1. The van der Waals surface area contributed by atoms with E-state index in [4.69, 9.17) is 11.5 Å². The van der Waals surface area contributed by atoms with Gasteiger partial charge in [0.2, 0.25) is 0 Å². The lowest BCUT2D eigenvalue weighted by Crippen LogP contribution is -2.23. The number of Topliss-reactive ketones (excluding diaryl/α,β-unsaturated/α-hetero) is 1. The van der Waals surface area contributed by atoms with Crippen LogP contribution in [0.3, 0.4) is 0 Å². The molecule has 1 aliphatic rings. The van der Waals surface area contributed by atoms with E-state index < -0.39 is 0 Å². The standard InChI is InChI=1S/C11H19N3OS/c1-7(2)6-9-8(15)4-3-5-10(16-9)14-11(12)13/h5,7,9H,3-4,6H2,1-2H3,(H4,12,13,14)/t9-/m0/s1. The summed E-state index contributed by atoms with van der Waals surface area (Å²) in [5.41, 5.74) is 10.7. The summed E-state index contributed by atoms with van der Waals surface area (Å²) in [6.07, 6.45) is 4.13. The van der Waals surface area contributed by atoms with Crippen LogP contribution in [0.2, 0.25) is 0 Å². The molecule has 4 N–H and O–H groups in total. The summed E-state index contributed by atoms with van der Waals surface area (Å²) in [7, 11) is 0. The number of guanidine groups is 1. The molecule has 1 heterocycles. The molecule has 0 aromatic carbocycles. The number of thioether (sulfide) groups is 1. The zero-order valence-corrected chi connectivity index (χ0v) is 10.6. The summed E-state index contributed by atoms with van der Waals surface area (Å²) in [6, 6.07) is 0. The monoisotopic (exact) mass is 241 g/mol. The Morgan fingerprint density at radius 3 is 2.88 bits per heavy atom. The van der Waals surface area contributed by atoms with E-state index in [1.807, 2.05) is 6.08 Å². The van der Waals surface area contributed by atoms with Crippen molar-refractivity contribution in [2.24, 2.45) is 22.4 Å². The summed E-state index contributed by atoms with van der Waals surface area (Å²) in [5, 5.41) is 0.772. The van der Waals surface area contributed by atoms with Gasteiger partial charge in [-0.2, -0.15) is 0 Å². The molecule has 0 fully saturated rings. The molecule has 0 aliphatic carbocycles. The van der Waals surface area contributed by atoms with Crippen LogP contribution in [0.5, 0.6) is 0 Å². The number of hydrogen-bond acceptors (Lipinski definition) is 3. The molecule has 16 heavy (non-hydrogen) atoms. The van der Waals surface area contributed by atoms with Crippen LogP contribution in [0.4, 0.5) is 0 Å². The average Bonchev–Trinajstić information content (AvgIpc) is 2.28. The number of carbonyl (C=O) groups excluding carboxylic acids is 1. The first-order valence-corrected chi connectivity index (χ1v) is 6.36. The zero-order chi connectivity index (χ0) is 12.1. The van der Waals surface area contributed by atoms with E-state index in [0.717, 1.165) is 17.9 Å². The van der Waals surface area contributed by atoms with Crippen LogP contribution < -0.4 is 11.5 Å². The third-order valence-electron chi connectivity index (χ3n) is 2.26. The zero-order valence-electron chi connectivity index (χ0n) is 9.77. The van der Waals surface area contributed by atoms with E-state index in [1.165, 1.54) is 11.8 Å². The Labute approximate surface area is 101 Å². The Hall–Kier alpha value is -0.970. The molecule has 0 unspecified atom stereocenters. The Bertz CT molecular complexity index is 319. The molecule has 0 saturated carbocycles. The molecule has 90 valence electrons. The van der Waals surface area contributed by atoms with Gasteiger partial charge in [0.25, 0.3) is 0 Å². The van der Waals surface area contributed by atoms with Crippen LogP contribution >= 0.6 is 11.8 Å². The number of aliphatic imine (C=N–C) groups is 1. The molecular weight excluding hydrogens is 222 g/mol. The molecular formula is C11H19N3OS. The average molecular weight is 241 g/mol. The predicted octanol–water partition coefficient (Wildman–Crippen LogP) is 1.61. The second-order valence-corrected chi connectivity index (χ2v) is 5.54. The van der Waals surface area contributed by atoms with Crippen molar-refractivity contribution in [3.05, 3.63) is 11.1 Å². The Kier molecular flexibility index (Phi) is 4.86. The second-order valence-electron chi connectivity index (χ2n) is 4.32. The van der Waals surface area contributed by atoms with Crippen LogP contribution in [0, 0.1) is 5.92 Å². The smallest absolute Gasteiger partial charge is 0.191 e. The summed E-state index contributed by atoms with van der Waals surface area (Å²) in [6.45, 7) is 4.23. The van der Waals surface area contributed by atoms with Crippen molar-refractivity contribution in [2.75, 3.05) is 0 Å². The summed E-state index contributed by atoms with van der Waals surface area (Å²) in [4.78, 5) is 15.8. The quantitative estimate of drug-likeness (QED) is 0.581. The third kappa shape index (κ3) is 4.26. The fourth-order valence-electron chi connectivity index (χ4n) is 1.57. The van der Waals surface area contributed by atoms with Gasteiger partial charge in [0, 0.05) is 6.42 Å². The molecule has 0 aromatic heterocycles. The summed E-state index contributed by atoms with van der Waals surface area (Å²) in [5.74, 6) is 0.854. The van der Waals surface area contributed by atoms with Gasteiger partial charge in [0.15, 0.2) is 5.96 Å². The largest absolute Gasteiger partial charge is 0.370 e. The maximum atomic E-state index is 11.8. The molecule has 0 spiro atoms. The Morgan fingerprint density at radius 2 is 2.31 bits per heavy atom. The summed E-state index contributed by atoms with van der Waals surface area (Å²) >= 11 is 1.48. The fraction of sp³-hybridized carbons (Fsp3) is 0.636. The first kappa shape index (κ1) is 13.1. The fourth-order valence-corrected chi connectivity index (χ4v) is 2.96. The molecule has 4 nitrogen and oxygen atoms in total. The van der Waals surface area contributed by atoms with E-state index >= 15 is 0 Å². The maximum absolute atomic E-state index is 11.8. The Balaban J connectivity index is 2.74. The van der Waals surface area contributed by atoms with Gasteiger partial charge in [0.05, 0.1) is 10.3 Å². The molecule has 1 atom stereocenters. The SMILES string of the molecule is CC(C)C[C@@H]1SC(N=C(N)N)=CCCC1=O. The molecule has 0 bridgehead atoms. The second kappa shape index (κ2) is 5.94. The van der Waals surface area contributed by atoms with Crippen molar-refractivity contribution in [3.63, 3.8) is 0 Å². The van der Waals surface area contributed by atoms with Crippen molar-refractivity contribution < 1.29 is 4.79 Å². The van der Waals surface area contributed by atoms with Gasteiger partial charge in [-0.3, -0.25) is 4.79 Å². The van der Waals surface area contributed by atoms with E-state index in [2.05, 4.69) is 18.8 Å². The van der Waals surface area contributed by atoms with Crippen LogP contribution in [0.15, 0.2) is 16.1 Å². The number of rotatable bonds is 3. The highest BCUT2D eigenvalue weighted by molar-refractivity contribution is 8.04. The van der Waals surface area contributed by atoms with Gasteiger partial charge in [-0.1, -0.05) is 31.7 Å². The lowest BCUT2D eigenvalue weighted by molar-refractivity contribution is -0.118. The van der Waals surface area contributed by atoms with Gasteiger partial charge >= 0.3 is 0 Å². The van der Waals surface area contributed by atoms with Crippen molar-refractivity contribution in [3.8, 4) is 0 Å². The minimum absolute atomic E-state index is 0.00292. The minimum atomic E-state index is -0.00292. The van der Waals surface area contributed by atoms with Crippen molar-refractivity contribution in [1.29, 1.82) is 0 Å². The van der Waals surface area contributed by atoms with Crippen molar-refractivity contribution in [2.45, 2.75) is 38.4 Å². The molecule has 0 saturated heterocycles. The van der Waals surface area contributed by atoms with Crippen molar-refractivity contribution >= 4 is 23.5 Å². The minimum Gasteiger partial charge on any atom is -0.370 e. The molecule has 5 heteroatoms. The maximum Gasteiger partial charge on any atom is 0.191 e. The number of hydrogen-bond donors (Lipinski definition) is 2. The van der Waals surface area contributed by atoms with Gasteiger partial charge in [-0.15, -0.1) is 0 Å². The number of nitrogens with two attached hydrogens (primary N) is 2. The van der Waals surface area contributed by atoms with E-state index in [9.17, 15) is 4.79 Å². The highest BCUT2D eigenvalue weighted by atomic mass is 32.2. The number of carbonyl (C=O) groups is 1. The number of ketones is 1. The molecule has 0 amide bonds. The van der Waals surface area contributed by atoms with Crippen LogP contribution in [0.25, 0.3) is 0 Å². The van der Waals surface area contributed by atoms with Gasteiger partial charge in [0.1, 0.15) is 5.78 Å². The van der Waals surface area contributed by atoms with Crippen molar-refractivity contribution in [1.82, 2.24) is 0 Å². The molecule has 1 aliphatic heterocycles. The summed E-state index contributed by atoms with van der Waals surface area (Å²) < 4.78 is 0.